The lowest BCUT2D eigenvalue weighted by Crippen LogP contribution is -2.49. The molecule has 0 saturated heterocycles. The largest absolute Gasteiger partial charge is 0.458 e. The molecule has 5 heteroatoms. The predicted molar refractivity (Wildman–Crippen MR) is 101 cm³/mol. The number of cyclic esters (lactones) is 1. The second kappa shape index (κ2) is 7.08. The smallest absolute Gasteiger partial charge is 0.333 e. The fourth-order valence-electron chi connectivity index (χ4n) is 5.93. The van der Waals surface area contributed by atoms with E-state index in [4.69, 9.17) is 9.47 Å². The average Bonchev–Trinajstić information content (AvgIpc) is 2.87. The van der Waals surface area contributed by atoms with Gasteiger partial charge < -0.3 is 14.6 Å². The number of hydrogen-bond acceptors (Lipinski definition) is 5. The number of carbonyl (C=O) groups excluding carboxylic acids is 2. The molecule has 0 aromatic rings. The molecule has 1 N–H and O–H groups in total. The van der Waals surface area contributed by atoms with Crippen molar-refractivity contribution in [2.45, 2.75) is 79.1 Å². The quantitative estimate of drug-likeness (QED) is 0.595. The van der Waals surface area contributed by atoms with Gasteiger partial charge in [-0.2, -0.15) is 0 Å². The highest BCUT2D eigenvalue weighted by Gasteiger charge is 2.52. The molecule has 150 valence electrons. The lowest BCUT2D eigenvalue weighted by atomic mass is 9.48. The fraction of sp³-hybridized carbons (Fsp3) is 0.727. The molecule has 0 aromatic heterocycles. The third kappa shape index (κ3) is 3.71. The van der Waals surface area contributed by atoms with Crippen molar-refractivity contribution in [3.8, 4) is 0 Å². The molecular formula is C22H32O5. The van der Waals surface area contributed by atoms with Gasteiger partial charge in [0, 0.05) is 18.6 Å². The van der Waals surface area contributed by atoms with Crippen LogP contribution in [-0.2, 0) is 19.1 Å². The highest BCUT2D eigenvalue weighted by atomic mass is 16.6. The Balaban J connectivity index is 1.93. The van der Waals surface area contributed by atoms with Crippen LogP contribution in [0, 0.1) is 22.7 Å². The second-order valence-electron chi connectivity index (χ2n) is 9.40. The lowest BCUT2D eigenvalue weighted by molar-refractivity contribution is -0.154. The molecule has 0 bridgehead atoms. The number of hydrogen-bond donors (Lipinski definition) is 1. The van der Waals surface area contributed by atoms with Gasteiger partial charge in [0.15, 0.2) is 0 Å². The van der Waals surface area contributed by atoms with Gasteiger partial charge in [0.05, 0.1) is 0 Å². The number of aliphatic hydroxyl groups is 1. The molecule has 0 amide bonds. The van der Waals surface area contributed by atoms with Crippen molar-refractivity contribution in [3.05, 3.63) is 23.3 Å². The molecule has 1 fully saturated rings. The van der Waals surface area contributed by atoms with Gasteiger partial charge in [0.2, 0.25) is 6.29 Å². The predicted octanol–water partition coefficient (Wildman–Crippen LogP) is 3.91. The first-order valence-corrected chi connectivity index (χ1v) is 9.98. The molecule has 3 rings (SSSR count). The SMILES string of the molecule is CC(=O)O[C@H](C[C@H]1C(C)=CC[C@H]2C(C)(C)CCC[C@]12C)C1=CC(=O)OC1O. The van der Waals surface area contributed by atoms with Gasteiger partial charge in [-0.25, -0.2) is 4.79 Å². The van der Waals surface area contributed by atoms with E-state index in [1.54, 1.807) is 0 Å². The van der Waals surface area contributed by atoms with Crippen LogP contribution in [0.15, 0.2) is 23.3 Å². The first-order chi connectivity index (χ1) is 12.5. The number of ether oxygens (including phenoxy) is 2. The van der Waals surface area contributed by atoms with Crippen molar-refractivity contribution in [2.75, 3.05) is 0 Å². The Morgan fingerprint density at radius 3 is 2.67 bits per heavy atom. The van der Waals surface area contributed by atoms with Gasteiger partial charge >= 0.3 is 11.9 Å². The minimum absolute atomic E-state index is 0.105. The Labute approximate surface area is 161 Å². The summed E-state index contributed by atoms with van der Waals surface area (Å²) in [5.74, 6) is -0.223. The Morgan fingerprint density at radius 1 is 1.37 bits per heavy atom. The first kappa shape index (κ1) is 20.1. The number of rotatable bonds is 4. The van der Waals surface area contributed by atoms with Crippen molar-refractivity contribution < 1.29 is 24.2 Å². The summed E-state index contributed by atoms with van der Waals surface area (Å²) in [5, 5.41) is 10.1. The van der Waals surface area contributed by atoms with Gasteiger partial charge in [-0.05, 0) is 55.3 Å². The van der Waals surface area contributed by atoms with Crippen LogP contribution in [0.25, 0.3) is 0 Å². The number of allylic oxidation sites excluding steroid dienone is 2. The lowest BCUT2D eigenvalue weighted by Gasteiger charge is -2.57. The molecule has 5 atom stereocenters. The van der Waals surface area contributed by atoms with E-state index in [1.165, 1.54) is 31.4 Å². The number of aliphatic hydroxyl groups excluding tert-OH is 1. The zero-order chi connectivity index (χ0) is 20.0. The standard InChI is InChI=1S/C22H32O5/c1-13-7-8-18-21(3,4)9-6-10-22(18,5)16(13)12-17(26-14(2)23)15-11-19(24)27-20(15)25/h7,11,16-18,20,25H,6,8-10,12H2,1-5H3/t16-,17+,18-,20?,22+/m0/s1. The summed E-state index contributed by atoms with van der Waals surface area (Å²) in [6.45, 7) is 10.6. The molecular weight excluding hydrogens is 344 g/mol. The average molecular weight is 376 g/mol. The number of carbonyl (C=O) groups is 2. The van der Waals surface area contributed by atoms with Crippen molar-refractivity contribution in [2.24, 2.45) is 22.7 Å². The summed E-state index contributed by atoms with van der Waals surface area (Å²) in [5.41, 5.74) is 2.03. The van der Waals surface area contributed by atoms with Crippen LogP contribution in [0.4, 0.5) is 0 Å². The van der Waals surface area contributed by atoms with E-state index in [1.807, 2.05) is 0 Å². The van der Waals surface area contributed by atoms with Crippen molar-refractivity contribution in [1.82, 2.24) is 0 Å². The van der Waals surface area contributed by atoms with Gasteiger partial charge in [-0.15, -0.1) is 0 Å². The molecule has 1 heterocycles. The third-order valence-corrected chi connectivity index (χ3v) is 7.22. The highest BCUT2D eigenvalue weighted by molar-refractivity contribution is 5.86. The number of fused-ring (bicyclic) bond motifs is 1. The van der Waals surface area contributed by atoms with Crippen molar-refractivity contribution >= 4 is 11.9 Å². The monoisotopic (exact) mass is 376 g/mol. The number of esters is 2. The minimum Gasteiger partial charge on any atom is -0.458 e. The third-order valence-electron chi connectivity index (χ3n) is 7.22. The van der Waals surface area contributed by atoms with Crippen LogP contribution in [0.1, 0.15) is 66.7 Å². The first-order valence-electron chi connectivity index (χ1n) is 9.98. The summed E-state index contributed by atoms with van der Waals surface area (Å²) < 4.78 is 10.4. The van der Waals surface area contributed by atoms with Crippen LogP contribution < -0.4 is 0 Å². The van der Waals surface area contributed by atoms with E-state index < -0.39 is 24.3 Å². The molecule has 27 heavy (non-hydrogen) atoms. The van der Waals surface area contributed by atoms with E-state index in [9.17, 15) is 14.7 Å². The summed E-state index contributed by atoms with van der Waals surface area (Å²) >= 11 is 0. The highest BCUT2D eigenvalue weighted by Crippen LogP contribution is 2.60. The maximum Gasteiger partial charge on any atom is 0.333 e. The van der Waals surface area contributed by atoms with Gasteiger partial charge in [-0.3, -0.25) is 4.79 Å². The maximum atomic E-state index is 11.7. The summed E-state index contributed by atoms with van der Waals surface area (Å²) in [6, 6.07) is 0. The molecule has 0 spiro atoms. The molecule has 1 aliphatic heterocycles. The molecule has 1 saturated carbocycles. The minimum atomic E-state index is -1.33. The van der Waals surface area contributed by atoms with E-state index >= 15 is 0 Å². The van der Waals surface area contributed by atoms with E-state index in [2.05, 4.69) is 33.8 Å². The van der Waals surface area contributed by atoms with Gasteiger partial charge in [0.1, 0.15) is 6.10 Å². The van der Waals surface area contributed by atoms with Crippen LogP contribution in [0.5, 0.6) is 0 Å². The summed E-state index contributed by atoms with van der Waals surface area (Å²) in [6.07, 6.45) is 6.81. The Morgan fingerprint density at radius 2 is 2.07 bits per heavy atom. The molecule has 1 unspecified atom stereocenters. The van der Waals surface area contributed by atoms with Crippen LogP contribution in [-0.4, -0.2) is 29.4 Å². The summed E-state index contributed by atoms with van der Waals surface area (Å²) in [7, 11) is 0. The van der Waals surface area contributed by atoms with E-state index in [-0.39, 0.29) is 16.7 Å². The van der Waals surface area contributed by atoms with Crippen LogP contribution >= 0.6 is 0 Å². The molecule has 5 nitrogen and oxygen atoms in total. The summed E-state index contributed by atoms with van der Waals surface area (Å²) in [4.78, 5) is 23.3. The van der Waals surface area contributed by atoms with E-state index in [0.29, 0.717) is 17.9 Å². The molecule has 0 radical (unpaired) electrons. The molecule has 0 aromatic carbocycles. The van der Waals surface area contributed by atoms with Crippen molar-refractivity contribution in [1.29, 1.82) is 0 Å². The normalized spacial score (nSPS) is 36.2. The molecule has 3 aliphatic rings. The van der Waals surface area contributed by atoms with Crippen molar-refractivity contribution in [3.63, 3.8) is 0 Å². The molecule has 2 aliphatic carbocycles. The maximum absolute atomic E-state index is 11.7. The zero-order valence-electron chi connectivity index (χ0n) is 17.1. The van der Waals surface area contributed by atoms with Crippen LogP contribution in [0.2, 0.25) is 0 Å². The second-order valence-corrected chi connectivity index (χ2v) is 9.40. The zero-order valence-corrected chi connectivity index (χ0v) is 17.1. The van der Waals surface area contributed by atoms with Gasteiger partial charge in [0.25, 0.3) is 0 Å². The Kier molecular flexibility index (Phi) is 5.28. The van der Waals surface area contributed by atoms with E-state index in [0.717, 1.165) is 12.8 Å². The Hall–Kier alpha value is -1.62. The van der Waals surface area contributed by atoms with Gasteiger partial charge in [-0.1, -0.05) is 38.8 Å². The van der Waals surface area contributed by atoms with Crippen LogP contribution in [0.3, 0.4) is 0 Å². The topological polar surface area (TPSA) is 72.8 Å². The fourth-order valence-corrected chi connectivity index (χ4v) is 5.93. The Bertz CT molecular complexity index is 689.